The maximum absolute atomic E-state index is 5.80. The number of hydrogen-bond donors (Lipinski definition) is 1. The molecule has 5 heteroatoms. The van der Waals surface area contributed by atoms with E-state index in [1.807, 2.05) is 29.1 Å². The van der Waals surface area contributed by atoms with Crippen molar-refractivity contribution < 1.29 is 4.74 Å². The molecule has 0 saturated heterocycles. The Morgan fingerprint density at radius 3 is 2.57 bits per heavy atom. The number of aromatic nitrogens is 2. The molecule has 2 aromatic rings. The summed E-state index contributed by atoms with van der Waals surface area (Å²) in [5, 5.41) is 7.96. The van der Waals surface area contributed by atoms with Crippen LogP contribution in [-0.4, -0.2) is 23.4 Å². The van der Waals surface area contributed by atoms with E-state index in [0.717, 1.165) is 28.8 Å². The zero-order valence-electron chi connectivity index (χ0n) is 12.7. The smallest absolute Gasteiger partial charge is 0.103 e. The zero-order chi connectivity index (χ0) is 15.2. The van der Waals surface area contributed by atoms with E-state index in [1.54, 1.807) is 7.11 Å². The summed E-state index contributed by atoms with van der Waals surface area (Å²) in [6.45, 7) is 5.88. The highest BCUT2D eigenvalue weighted by molar-refractivity contribution is 9.10. The van der Waals surface area contributed by atoms with Gasteiger partial charge in [0.15, 0.2) is 0 Å². The number of nitrogens with one attached hydrogen (secondary N) is 1. The van der Waals surface area contributed by atoms with Gasteiger partial charge in [-0.15, -0.1) is 0 Å². The summed E-state index contributed by atoms with van der Waals surface area (Å²) >= 11 is 3.62. The first-order valence-electron chi connectivity index (χ1n) is 7.25. The third-order valence-corrected chi connectivity index (χ3v) is 4.15. The van der Waals surface area contributed by atoms with Crippen LogP contribution < -0.4 is 5.32 Å². The number of aryl methyl sites for hydroxylation is 1. The quantitative estimate of drug-likeness (QED) is 0.826. The number of methoxy groups -OCH3 is 1. The lowest BCUT2D eigenvalue weighted by atomic mass is 9.99. The molecule has 4 nitrogen and oxygen atoms in total. The molecule has 0 bridgehead atoms. The van der Waals surface area contributed by atoms with Crippen LogP contribution in [0.5, 0.6) is 0 Å². The van der Waals surface area contributed by atoms with Crippen molar-refractivity contribution in [3.05, 3.63) is 52.3 Å². The lowest BCUT2D eigenvalue weighted by Crippen LogP contribution is -2.30. The molecule has 0 saturated carbocycles. The molecule has 0 aliphatic carbocycles. The second-order valence-corrected chi connectivity index (χ2v) is 5.65. The molecule has 0 aliphatic heterocycles. The van der Waals surface area contributed by atoms with Crippen LogP contribution in [0.25, 0.3) is 0 Å². The number of halogens is 1. The van der Waals surface area contributed by atoms with Crippen LogP contribution in [0.15, 0.2) is 41.0 Å². The van der Waals surface area contributed by atoms with Crippen LogP contribution in [0.2, 0.25) is 0 Å². The number of hydrogen-bond acceptors (Lipinski definition) is 3. The Morgan fingerprint density at radius 2 is 2.00 bits per heavy atom. The first kappa shape index (κ1) is 16.2. The fraction of sp³-hybridized carbons (Fsp3) is 0.438. The highest BCUT2D eigenvalue weighted by Crippen LogP contribution is 2.35. The molecular weight excluding hydrogens is 330 g/mol. The van der Waals surface area contributed by atoms with Gasteiger partial charge in [0.05, 0.1) is 22.4 Å². The van der Waals surface area contributed by atoms with Crippen molar-refractivity contribution in [2.75, 3.05) is 13.7 Å². The van der Waals surface area contributed by atoms with Crippen LogP contribution in [0.3, 0.4) is 0 Å². The van der Waals surface area contributed by atoms with Crippen LogP contribution in [0.4, 0.5) is 0 Å². The predicted octanol–water partition coefficient (Wildman–Crippen LogP) is 3.70. The Bertz CT molecular complexity index is 556. The van der Waals surface area contributed by atoms with Gasteiger partial charge in [-0.2, -0.15) is 5.10 Å². The van der Waals surface area contributed by atoms with Gasteiger partial charge >= 0.3 is 0 Å². The molecule has 2 atom stereocenters. The van der Waals surface area contributed by atoms with Gasteiger partial charge in [-0.3, -0.25) is 4.68 Å². The molecule has 114 valence electrons. The van der Waals surface area contributed by atoms with E-state index >= 15 is 0 Å². The average molecular weight is 352 g/mol. The summed E-state index contributed by atoms with van der Waals surface area (Å²) in [5.74, 6) is 0. The molecule has 0 spiro atoms. The number of likely N-dealkylation sites (N-methyl/N-ethyl adjacent to an activating group) is 1. The van der Waals surface area contributed by atoms with Crippen LogP contribution >= 0.6 is 15.9 Å². The highest BCUT2D eigenvalue weighted by atomic mass is 79.9. The number of nitrogens with zero attached hydrogens (tertiary/aromatic N) is 2. The topological polar surface area (TPSA) is 39.1 Å². The minimum absolute atomic E-state index is 0.0409. The normalized spacial score (nSPS) is 14.1. The molecule has 21 heavy (non-hydrogen) atoms. The van der Waals surface area contributed by atoms with E-state index in [4.69, 9.17) is 4.74 Å². The third kappa shape index (κ3) is 3.54. The number of rotatable bonds is 7. The molecule has 1 N–H and O–H groups in total. The minimum atomic E-state index is -0.0653. The summed E-state index contributed by atoms with van der Waals surface area (Å²) < 4.78 is 8.82. The Hall–Kier alpha value is -1.17. The summed E-state index contributed by atoms with van der Waals surface area (Å²) in [6.07, 6.45) is 1.78. The lowest BCUT2D eigenvalue weighted by molar-refractivity contribution is 0.0649. The zero-order valence-corrected chi connectivity index (χ0v) is 14.3. The van der Waals surface area contributed by atoms with Gasteiger partial charge in [0, 0.05) is 13.7 Å². The fourth-order valence-corrected chi connectivity index (χ4v) is 3.15. The molecule has 0 amide bonds. The summed E-state index contributed by atoms with van der Waals surface area (Å²) in [4.78, 5) is 0. The molecule has 1 aromatic carbocycles. The number of ether oxygens (including phenoxy) is 1. The van der Waals surface area contributed by atoms with Crippen molar-refractivity contribution in [2.24, 2.45) is 0 Å². The molecular formula is C16H22BrN3O. The Kier molecular flexibility index (Phi) is 5.96. The lowest BCUT2D eigenvalue weighted by Gasteiger charge is -2.28. The Balaban J connectivity index is 2.43. The van der Waals surface area contributed by atoms with Gasteiger partial charge in [-0.1, -0.05) is 37.3 Å². The van der Waals surface area contributed by atoms with Gasteiger partial charge in [-0.25, -0.2) is 0 Å². The molecule has 0 aliphatic rings. The van der Waals surface area contributed by atoms with E-state index < -0.39 is 0 Å². The van der Waals surface area contributed by atoms with E-state index in [2.05, 4.69) is 52.3 Å². The van der Waals surface area contributed by atoms with Gasteiger partial charge in [0.25, 0.3) is 0 Å². The van der Waals surface area contributed by atoms with Crippen molar-refractivity contribution in [3.63, 3.8) is 0 Å². The number of benzene rings is 1. The molecule has 1 heterocycles. The first-order chi connectivity index (χ1) is 10.2. The van der Waals surface area contributed by atoms with Crippen molar-refractivity contribution in [2.45, 2.75) is 32.5 Å². The van der Waals surface area contributed by atoms with E-state index in [1.165, 1.54) is 0 Å². The molecule has 2 rings (SSSR count). The van der Waals surface area contributed by atoms with Gasteiger partial charge in [0.1, 0.15) is 6.10 Å². The predicted molar refractivity (Wildman–Crippen MR) is 88.2 cm³/mol. The molecule has 0 radical (unpaired) electrons. The molecule has 1 aromatic heterocycles. The summed E-state index contributed by atoms with van der Waals surface area (Å²) in [5.41, 5.74) is 2.27. The minimum Gasteiger partial charge on any atom is -0.375 e. The summed E-state index contributed by atoms with van der Waals surface area (Å²) in [6, 6.07) is 10.3. The maximum Gasteiger partial charge on any atom is 0.103 e. The average Bonchev–Trinajstić information content (AvgIpc) is 2.89. The Morgan fingerprint density at radius 1 is 1.29 bits per heavy atom. The fourth-order valence-electron chi connectivity index (χ4n) is 2.61. The van der Waals surface area contributed by atoms with Crippen molar-refractivity contribution >= 4 is 15.9 Å². The van der Waals surface area contributed by atoms with E-state index in [0.29, 0.717) is 0 Å². The van der Waals surface area contributed by atoms with Crippen molar-refractivity contribution in [3.8, 4) is 0 Å². The standard InChI is InChI=1S/C16H22BrN3O/c1-4-18-14(15-13(17)11-19-20(15)5-2)16(21-3)12-9-7-6-8-10-12/h6-11,14,16,18H,4-5H2,1-3H3. The van der Waals surface area contributed by atoms with Crippen LogP contribution in [0, 0.1) is 0 Å². The molecule has 0 fully saturated rings. The summed E-state index contributed by atoms with van der Waals surface area (Å²) in [7, 11) is 1.75. The van der Waals surface area contributed by atoms with E-state index in [-0.39, 0.29) is 12.1 Å². The second kappa shape index (κ2) is 7.73. The maximum atomic E-state index is 5.80. The van der Waals surface area contributed by atoms with Crippen LogP contribution in [0.1, 0.15) is 37.3 Å². The van der Waals surface area contributed by atoms with Crippen molar-refractivity contribution in [1.29, 1.82) is 0 Å². The third-order valence-electron chi connectivity index (χ3n) is 3.54. The van der Waals surface area contributed by atoms with Gasteiger partial charge in [-0.05, 0) is 35.0 Å². The van der Waals surface area contributed by atoms with Crippen molar-refractivity contribution in [1.82, 2.24) is 15.1 Å². The highest BCUT2D eigenvalue weighted by Gasteiger charge is 2.28. The van der Waals surface area contributed by atoms with Gasteiger partial charge < -0.3 is 10.1 Å². The van der Waals surface area contributed by atoms with Gasteiger partial charge in [0.2, 0.25) is 0 Å². The molecule has 2 unspecified atom stereocenters. The second-order valence-electron chi connectivity index (χ2n) is 4.80. The van der Waals surface area contributed by atoms with Crippen LogP contribution in [-0.2, 0) is 11.3 Å². The van der Waals surface area contributed by atoms with E-state index in [9.17, 15) is 0 Å². The largest absolute Gasteiger partial charge is 0.375 e. The monoisotopic (exact) mass is 351 g/mol. The first-order valence-corrected chi connectivity index (χ1v) is 8.04. The SMILES string of the molecule is CCNC(c1c(Br)cnn1CC)C(OC)c1ccccc1. The Labute approximate surface area is 134 Å².